The molecule has 2 aromatic rings. The van der Waals surface area contributed by atoms with E-state index in [1.54, 1.807) is 55.8 Å². The fourth-order valence-electron chi connectivity index (χ4n) is 15.1. The second-order valence-corrected chi connectivity index (χ2v) is 18.3. The number of hydrogen-bond acceptors (Lipinski definition) is 13. The van der Waals surface area contributed by atoms with Crippen LogP contribution in [-0.4, -0.2) is 134 Å². The van der Waals surface area contributed by atoms with Crippen LogP contribution in [0.3, 0.4) is 0 Å². The minimum atomic E-state index is -1.17. The first-order valence-electron chi connectivity index (χ1n) is 21.1. The molecule has 12 aliphatic heterocycles. The second kappa shape index (κ2) is 12.0. The summed E-state index contributed by atoms with van der Waals surface area (Å²) >= 11 is 0. The van der Waals surface area contributed by atoms with Gasteiger partial charge < -0.3 is 52.8 Å². The van der Waals surface area contributed by atoms with Crippen LogP contribution in [0.4, 0.5) is 11.4 Å². The lowest BCUT2D eigenvalue weighted by atomic mass is 9.65. The van der Waals surface area contributed by atoms with Crippen molar-refractivity contribution < 1.29 is 47.4 Å². The smallest absolute Gasteiger partial charge is 0.264 e. The van der Waals surface area contributed by atoms with Crippen LogP contribution in [0, 0.1) is 17.8 Å². The number of hydrogen-bond donors (Lipinski definition) is 1. The van der Waals surface area contributed by atoms with Crippen LogP contribution in [0.5, 0.6) is 34.5 Å². The molecule has 14 nitrogen and oxygen atoms in total. The Balaban J connectivity index is 1.07. The van der Waals surface area contributed by atoms with Crippen molar-refractivity contribution in [2.24, 2.45) is 17.8 Å². The van der Waals surface area contributed by atoms with Gasteiger partial charge in [0.2, 0.25) is 5.91 Å². The number of carbonyl (C=O) groups is 1. The number of piperidine rings is 6. The zero-order chi connectivity index (χ0) is 40.5. The first-order chi connectivity index (χ1) is 28.7. The van der Waals surface area contributed by atoms with E-state index in [1.807, 2.05) is 6.07 Å². The van der Waals surface area contributed by atoms with Gasteiger partial charge >= 0.3 is 0 Å². The average molecular weight is 811 g/mol. The highest BCUT2D eigenvalue weighted by Crippen LogP contribution is 2.77. The molecule has 2 unspecified atom stereocenters. The van der Waals surface area contributed by atoms with Crippen LogP contribution in [0.15, 0.2) is 35.4 Å². The maximum atomic E-state index is 14.9. The number of anilines is 2. The lowest BCUT2D eigenvalue weighted by Gasteiger charge is -2.59. The summed E-state index contributed by atoms with van der Waals surface area (Å²) in [4.78, 5) is 22.7. The van der Waals surface area contributed by atoms with E-state index >= 15 is 0 Å². The molecule has 0 radical (unpaired) electrons. The molecule has 0 aromatic heterocycles. The summed E-state index contributed by atoms with van der Waals surface area (Å²) in [5.74, 6) is 3.25. The predicted octanol–water partition coefficient (Wildman–Crippen LogP) is 4.23. The molecule has 4 spiro atoms. The van der Waals surface area contributed by atoms with Crippen LogP contribution < -0.4 is 38.6 Å². The quantitative estimate of drug-likeness (QED) is 0.384. The number of amides is 1. The minimum absolute atomic E-state index is 0.0235. The Morgan fingerprint density at radius 3 is 2.22 bits per heavy atom. The fourth-order valence-corrected chi connectivity index (χ4v) is 15.1. The first-order valence-corrected chi connectivity index (χ1v) is 21.1. The second-order valence-electron chi connectivity index (χ2n) is 18.3. The lowest BCUT2D eigenvalue weighted by molar-refractivity contribution is -0.318. The van der Waals surface area contributed by atoms with E-state index in [4.69, 9.17) is 42.6 Å². The van der Waals surface area contributed by atoms with Crippen LogP contribution in [-0.2, 0) is 29.8 Å². The van der Waals surface area contributed by atoms with Gasteiger partial charge in [0.1, 0.15) is 17.1 Å². The highest BCUT2D eigenvalue weighted by Gasteiger charge is 2.85. The van der Waals surface area contributed by atoms with Gasteiger partial charge in [0.25, 0.3) is 5.91 Å². The summed E-state index contributed by atoms with van der Waals surface area (Å²) < 4.78 is 58.3. The monoisotopic (exact) mass is 810 g/mol. The van der Waals surface area contributed by atoms with Crippen molar-refractivity contribution in [1.82, 2.24) is 9.80 Å². The van der Waals surface area contributed by atoms with Crippen molar-refractivity contribution in [2.75, 3.05) is 92.8 Å². The first kappa shape index (κ1) is 36.6. The largest absolute Gasteiger partial charge is 0.494 e. The van der Waals surface area contributed by atoms with Crippen LogP contribution >= 0.6 is 0 Å². The van der Waals surface area contributed by atoms with Gasteiger partial charge in [-0.2, -0.15) is 0 Å². The normalized spacial score (nSPS) is 43.0. The minimum Gasteiger partial charge on any atom is -0.494 e. The Hall–Kier alpha value is -4.21. The van der Waals surface area contributed by atoms with Gasteiger partial charge in [-0.1, -0.05) is 23.3 Å². The number of nitrogens with zero attached hydrogens (tertiary/aromatic N) is 3. The van der Waals surface area contributed by atoms with E-state index in [0.29, 0.717) is 84.2 Å². The Morgan fingerprint density at radius 1 is 0.814 bits per heavy atom. The number of benzene rings is 2. The molecule has 10 saturated heterocycles. The summed E-state index contributed by atoms with van der Waals surface area (Å²) in [6.45, 7) is 5.52. The van der Waals surface area contributed by atoms with Gasteiger partial charge in [0.15, 0.2) is 23.0 Å². The van der Waals surface area contributed by atoms with Gasteiger partial charge in [0, 0.05) is 79.5 Å². The molecule has 0 aliphatic carbocycles. The molecular formula is C45H54N4O10. The van der Waals surface area contributed by atoms with Crippen molar-refractivity contribution in [3.63, 3.8) is 0 Å². The molecule has 12 heterocycles. The number of ether oxygens (including phenoxy) is 9. The molecule has 0 saturated carbocycles. The molecule has 59 heavy (non-hydrogen) atoms. The average Bonchev–Trinajstić information content (AvgIpc) is 3.95. The standard InChI is InChI=1S/C45H54N4O10/c1-9-22-18-48-32-13-26(22)44(34(48)17-42(32)35-37(46-41(42)50)28(52-3)14-30(54-5)39(35)56-7)21-49-38-29(53-4)15-31(55-6)40(57-8)36(38)43-16-27-25(20-58-45(43,49)59-44)24-12-33(43)47(27)19-23(24)10-11-51-2/h9-10,14-15,24-27,32-34H,11-13,16-21H2,1-8H3,(H,46,50)/b22-9-,23-10+/t24-,25-,26-,27-,32-,33-,34-,42+,43+,44+,45+/m0/s1. The number of allylic oxidation sites excluding steroid dienone is 1. The topological polar surface area (TPSA) is 122 Å². The summed E-state index contributed by atoms with van der Waals surface area (Å²) in [5, 5.41) is 3.29. The molecule has 13 atom stereocenters. The predicted molar refractivity (Wildman–Crippen MR) is 215 cm³/mol. The maximum absolute atomic E-state index is 14.9. The van der Waals surface area contributed by atoms with Gasteiger partial charge in [0.05, 0.1) is 84.6 Å². The van der Waals surface area contributed by atoms with E-state index in [0.717, 1.165) is 49.2 Å². The van der Waals surface area contributed by atoms with Gasteiger partial charge in [-0.3, -0.25) is 14.6 Å². The zero-order valence-corrected chi connectivity index (χ0v) is 35.1. The van der Waals surface area contributed by atoms with Crippen molar-refractivity contribution in [3.05, 3.63) is 46.6 Å². The Labute approximate surface area is 344 Å². The van der Waals surface area contributed by atoms with E-state index in [1.165, 1.54) is 11.1 Å². The molecule has 14 rings (SSSR count). The van der Waals surface area contributed by atoms with E-state index in [-0.39, 0.29) is 30.0 Å². The summed E-state index contributed by atoms with van der Waals surface area (Å²) in [7, 11) is 11.8. The third kappa shape index (κ3) is 3.84. The number of carbonyl (C=O) groups excluding carboxylic acids is 1. The number of nitrogens with one attached hydrogen (secondary N) is 1. The molecule has 10 fully saturated rings. The molecule has 2 aromatic carbocycles. The lowest BCUT2D eigenvalue weighted by Crippen LogP contribution is -2.71. The summed E-state index contributed by atoms with van der Waals surface area (Å²) in [6, 6.07) is 3.95. The van der Waals surface area contributed by atoms with Crippen molar-refractivity contribution >= 4 is 17.3 Å². The number of methoxy groups -OCH3 is 7. The number of rotatable bonds is 8. The molecule has 9 bridgehead atoms. The van der Waals surface area contributed by atoms with Crippen molar-refractivity contribution in [2.45, 2.75) is 79.1 Å². The SMILES string of the molecule is C/C=C1/CN2[C@H]3C[C@@]4(C(=O)Nc5c(OC)cc(OC)c(OC)c54)[C@@H]2C[C@@H]1[C@]31CN2c3c(OC)cc(OC)c(OC)c3[C@]34C[C@H]5[C@@H](CO[C@]23O1)[C@H]1C[C@@H]4N5C/C1=C\COC. The number of fused-ring (bicyclic) bond motifs is 6. The highest BCUT2D eigenvalue weighted by atomic mass is 16.7. The zero-order valence-electron chi connectivity index (χ0n) is 35.1. The van der Waals surface area contributed by atoms with Crippen LogP contribution in [0.25, 0.3) is 0 Å². The maximum Gasteiger partial charge on any atom is 0.264 e. The molecule has 14 heteroatoms. The summed E-state index contributed by atoms with van der Waals surface area (Å²) in [6.07, 6.45) is 7.69. The Morgan fingerprint density at radius 2 is 1.53 bits per heavy atom. The van der Waals surface area contributed by atoms with Gasteiger partial charge in [-0.05, 0) is 38.5 Å². The van der Waals surface area contributed by atoms with Crippen molar-refractivity contribution in [3.8, 4) is 34.5 Å². The molecule has 1 N–H and O–H groups in total. The molecule has 12 aliphatic rings. The fraction of sp³-hybridized carbons (Fsp3) is 0.622. The highest BCUT2D eigenvalue weighted by molar-refractivity contribution is 6.10. The van der Waals surface area contributed by atoms with Crippen LogP contribution in [0.1, 0.15) is 43.7 Å². The molecule has 314 valence electrons. The van der Waals surface area contributed by atoms with Crippen LogP contribution in [0.2, 0.25) is 0 Å². The van der Waals surface area contributed by atoms with Crippen molar-refractivity contribution in [1.29, 1.82) is 0 Å². The van der Waals surface area contributed by atoms with Gasteiger partial charge in [-0.15, -0.1) is 0 Å². The summed E-state index contributed by atoms with van der Waals surface area (Å²) in [5.41, 5.74) is 3.99. The Bertz CT molecular complexity index is 2280. The molecule has 1 amide bonds. The van der Waals surface area contributed by atoms with E-state index in [2.05, 4.69) is 39.1 Å². The third-order valence-electron chi connectivity index (χ3n) is 17.1. The Kier molecular flexibility index (Phi) is 7.45. The molecular weight excluding hydrogens is 757 g/mol. The van der Waals surface area contributed by atoms with E-state index < -0.39 is 22.3 Å². The van der Waals surface area contributed by atoms with Gasteiger partial charge in [-0.25, -0.2) is 0 Å². The van der Waals surface area contributed by atoms with E-state index in [9.17, 15) is 4.79 Å². The third-order valence-corrected chi connectivity index (χ3v) is 17.1.